The number of nitrogens with zero attached hydrogens (tertiary/aromatic N) is 1. The highest BCUT2D eigenvalue weighted by Crippen LogP contribution is 2.18. The standard InChI is InChI=1S/C14H22N4OS.HI/c1-3-15-14(16-8-12-10(2)6-7-20-12)17-9-13(19)18-11-4-5-11;/h6-7,11H,3-5,8-9H2,1-2H3,(H,18,19)(H2,15,16,17);1H. The van der Waals surface area contributed by atoms with Gasteiger partial charge in [0.1, 0.15) is 6.54 Å². The van der Waals surface area contributed by atoms with Crippen molar-refractivity contribution in [2.24, 2.45) is 4.99 Å². The fraction of sp³-hybridized carbons (Fsp3) is 0.571. The Morgan fingerprint density at radius 3 is 2.76 bits per heavy atom. The van der Waals surface area contributed by atoms with Gasteiger partial charge in [0, 0.05) is 17.5 Å². The summed E-state index contributed by atoms with van der Waals surface area (Å²) in [6, 6.07) is 2.50. The molecule has 5 nitrogen and oxygen atoms in total. The van der Waals surface area contributed by atoms with Gasteiger partial charge in [0.25, 0.3) is 0 Å². The van der Waals surface area contributed by atoms with Gasteiger partial charge >= 0.3 is 0 Å². The first-order chi connectivity index (χ1) is 9.69. The first-order valence-electron chi connectivity index (χ1n) is 7.03. The Kier molecular flexibility index (Phi) is 8.02. The first kappa shape index (κ1) is 18.2. The summed E-state index contributed by atoms with van der Waals surface area (Å²) < 4.78 is 0. The van der Waals surface area contributed by atoms with Gasteiger partial charge in [-0.05, 0) is 43.7 Å². The number of halogens is 1. The van der Waals surface area contributed by atoms with Gasteiger partial charge in [-0.15, -0.1) is 35.3 Å². The molecule has 1 fully saturated rings. The zero-order chi connectivity index (χ0) is 14.4. The highest BCUT2D eigenvalue weighted by molar-refractivity contribution is 14.0. The monoisotopic (exact) mass is 422 g/mol. The highest BCUT2D eigenvalue weighted by atomic mass is 127. The van der Waals surface area contributed by atoms with Gasteiger partial charge < -0.3 is 16.0 Å². The van der Waals surface area contributed by atoms with Crippen molar-refractivity contribution in [1.82, 2.24) is 16.0 Å². The van der Waals surface area contributed by atoms with E-state index in [9.17, 15) is 4.79 Å². The molecule has 1 aromatic heterocycles. The highest BCUT2D eigenvalue weighted by Gasteiger charge is 2.22. The molecule has 0 atom stereocenters. The van der Waals surface area contributed by atoms with Crippen LogP contribution in [0.1, 0.15) is 30.2 Å². The molecule has 0 aromatic carbocycles. The number of carbonyl (C=O) groups is 1. The first-order valence-corrected chi connectivity index (χ1v) is 7.91. The summed E-state index contributed by atoms with van der Waals surface area (Å²) >= 11 is 1.73. The molecule has 3 N–H and O–H groups in total. The van der Waals surface area contributed by atoms with Gasteiger partial charge in [-0.25, -0.2) is 4.99 Å². The van der Waals surface area contributed by atoms with Gasteiger partial charge in [0.2, 0.25) is 5.91 Å². The number of thiophene rings is 1. The number of amides is 1. The molecule has 1 aliphatic carbocycles. The van der Waals surface area contributed by atoms with Crippen molar-refractivity contribution in [3.63, 3.8) is 0 Å². The van der Waals surface area contributed by atoms with Crippen molar-refractivity contribution < 1.29 is 4.79 Å². The van der Waals surface area contributed by atoms with Crippen LogP contribution in [0.4, 0.5) is 0 Å². The Bertz CT molecular complexity index is 485. The lowest BCUT2D eigenvalue weighted by molar-refractivity contribution is -0.119. The lowest BCUT2D eigenvalue weighted by Gasteiger charge is -2.11. The average molecular weight is 422 g/mol. The van der Waals surface area contributed by atoms with Crippen LogP contribution in [0.2, 0.25) is 0 Å². The molecule has 21 heavy (non-hydrogen) atoms. The van der Waals surface area contributed by atoms with E-state index in [-0.39, 0.29) is 36.4 Å². The summed E-state index contributed by atoms with van der Waals surface area (Å²) in [5, 5.41) is 11.4. The molecule has 1 aliphatic rings. The number of aliphatic imine (C=N–C) groups is 1. The third-order valence-corrected chi connectivity index (χ3v) is 4.08. The molecule has 0 aliphatic heterocycles. The fourth-order valence-electron chi connectivity index (χ4n) is 1.74. The van der Waals surface area contributed by atoms with Crippen LogP contribution in [0.25, 0.3) is 0 Å². The number of carbonyl (C=O) groups excluding carboxylic acids is 1. The van der Waals surface area contributed by atoms with Crippen molar-refractivity contribution in [2.75, 3.05) is 13.1 Å². The Morgan fingerprint density at radius 1 is 1.43 bits per heavy atom. The Labute approximate surface area is 147 Å². The van der Waals surface area contributed by atoms with E-state index in [2.05, 4.69) is 39.3 Å². The summed E-state index contributed by atoms with van der Waals surface area (Å²) in [6.07, 6.45) is 2.21. The number of hydrogen-bond acceptors (Lipinski definition) is 3. The largest absolute Gasteiger partial charge is 0.357 e. The lowest BCUT2D eigenvalue weighted by atomic mass is 10.3. The van der Waals surface area contributed by atoms with Crippen LogP contribution in [-0.4, -0.2) is 31.0 Å². The van der Waals surface area contributed by atoms with Crippen LogP contribution in [0.3, 0.4) is 0 Å². The maximum atomic E-state index is 11.6. The van der Waals surface area contributed by atoms with Crippen LogP contribution >= 0.6 is 35.3 Å². The van der Waals surface area contributed by atoms with E-state index in [1.165, 1.54) is 10.4 Å². The van der Waals surface area contributed by atoms with Crippen LogP contribution < -0.4 is 16.0 Å². The summed E-state index contributed by atoms with van der Waals surface area (Å²) in [4.78, 5) is 17.2. The number of aryl methyl sites for hydroxylation is 1. The second kappa shape index (κ2) is 9.24. The maximum absolute atomic E-state index is 11.6. The van der Waals surface area contributed by atoms with E-state index in [0.29, 0.717) is 12.0 Å². The topological polar surface area (TPSA) is 65.5 Å². The minimum absolute atomic E-state index is 0. The van der Waals surface area contributed by atoms with Crippen LogP contribution in [0.15, 0.2) is 16.4 Å². The van der Waals surface area contributed by atoms with Crippen LogP contribution in [0.5, 0.6) is 0 Å². The van der Waals surface area contributed by atoms with Gasteiger partial charge in [-0.2, -0.15) is 0 Å². The van der Waals surface area contributed by atoms with E-state index < -0.39 is 0 Å². The Morgan fingerprint density at radius 2 is 2.19 bits per heavy atom. The Balaban J connectivity index is 0.00000220. The maximum Gasteiger partial charge on any atom is 0.242 e. The van der Waals surface area contributed by atoms with Crippen molar-refractivity contribution in [3.8, 4) is 0 Å². The van der Waals surface area contributed by atoms with Crippen molar-refractivity contribution in [1.29, 1.82) is 0 Å². The number of hydrogen-bond donors (Lipinski definition) is 3. The molecule has 1 heterocycles. The second-order valence-electron chi connectivity index (χ2n) is 4.92. The number of nitrogens with one attached hydrogen (secondary N) is 3. The third kappa shape index (κ3) is 6.64. The van der Waals surface area contributed by atoms with E-state index in [4.69, 9.17) is 0 Å². The van der Waals surface area contributed by atoms with Crippen LogP contribution in [0, 0.1) is 6.92 Å². The zero-order valence-corrected chi connectivity index (χ0v) is 15.6. The molecule has 0 bridgehead atoms. The summed E-state index contributed by atoms with van der Waals surface area (Å²) in [5.74, 6) is 0.684. The minimum atomic E-state index is -0.00277. The SMILES string of the molecule is CCNC(=NCC(=O)NC1CC1)NCc1sccc1C.I. The molecule has 0 spiro atoms. The number of guanidine groups is 1. The molecule has 0 saturated heterocycles. The zero-order valence-electron chi connectivity index (χ0n) is 12.4. The average Bonchev–Trinajstić information content (AvgIpc) is 3.14. The van der Waals surface area contributed by atoms with Gasteiger partial charge in [0.05, 0.1) is 6.54 Å². The molecule has 1 aromatic rings. The lowest BCUT2D eigenvalue weighted by Crippen LogP contribution is -2.38. The Hall–Kier alpha value is -0.830. The normalized spacial score (nSPS) is 14.3. The van der Waals surface area contributed by atoms with Crippen LogP contribution in [-0.2, 0) is 11.3 Å². The molecule has 0 unspecified atom stereocenters. The van der Waals surface area contributed by atoms with Crippen molar-refractivity contribution in [3.05, 3.63) is 21.9 Å². The number of rotatable bonds is 6. The fourth-order valence-corrected chi connectivity index (χ4v) is 2.59. The van der Waals surface area contributed by atoms with Crippen molar-refractivity contribution in [2.45, 2.75) is 39.3 Å². The minimum Gasteiger partial charge on any atom is -0.357 e. The van der Waals surface area contributed by atoms with Crippen molar-refractivity contribution >= 4 is 47.2 Å². The summed E-state index contributed by atoms with van der Waals surface area (Å²) in [7, 11) is 0. The molecule has 2 rings (SSSR count). The molecular formula is C14H23IN4OS. The van der Waals surface area contributed by atoms with E-state index in [1.807, 2.05) is 6.92 Å². The van der Waals surface area contributed by atoms with E-state index in [0.717, 1.165) is 25.9 Å². The third-order valence-electron chi connectivity index (χ3n) is 3.05. The molecule has 1 amide bonds. The summed E-state index contributed by atoms with van der Waals surface area (Å²) in [6.45, 7) is 5.80. The second-order valence-corrected chi connectivity index (χ2v) is 5.92. The van der Waals surface area contributed by atoms with Gasteiger partial charge in [0.15, 0.2) is 5.96 Å². The smallest absolute Gasteiger partial charge is 0.242 e. The molecular weight excluding hydrogens is 399 g/mol. The summed E-state index contributed by atoms with van der Waals surface area (Å²) in [5.41, 5.74) is 1.28. The predicted octanol–water partition coefficient (Wildman–Crippen LogP) is 2.01. The molecule has 118 valence electrons. The van der Waals surface area contributed by atoms with Gasteiger partial charge in [-0.1, -0.05) is 0 Å². The predicted molar refractivity (Wildman–Crippen MR) is 98.5 cm³/mol. The molecule has 1 saturated carbocycles. The van der Waals surface area contributed by atoms with Gasteiger partial charge in [-0.3, -0.25) is 4.79 Å². The van der Waals surface area contributed by atoms with E-state index in [1.54, 1.807) is 11.3 Å². The molecule has 0 radical (unpaired) electrons. The molecule has 7 heteroatoms. The van der Waals surface area contributed by atoms with E-state index >= 15 is 0 Å². The quantitative estimate of drug-likeness (QED) is 0.373.